The molecule has 3 rings (SSSR count). The van der Waals surface area contributed by atoms with Gasteiger partial charge in [-0.05, 0) is 19.1 Å². The highest BCUT2D eigenvalue weighted by Gasteiger charge is 2.08. The van der Waals surface area contributed by atoms with Crippen LogP contribution in [0.25, 0.3) is 10.9 Å². The molecule has 0 aliphatic heterocycles. The quantitative estimate of drug-likeness (QED) is 0.769. The van der Waals surface area contributed by atoms with Crippen LogP contribution in [0.4, 0.5) is 0 Å². The first-order valence-electron chi connectivity index (χ1n) is 5.78. The van der Waals surface area contributed by atoms with Gasteiger partial charge in [0.2, 0.25) is 0 Å². The zero-order valence-corrected chi connectivity index (χ0v) is 11.0. The van der Waals surface area contributed by atoms with E-state index < -0.39 is 5.69 Å². The lowest BCUT2D eigenvalue weighted by atomic mass is 10.2. The van der Waals surface area contributed by atoms with E-state index in [4.69, 9.17) is 0 Å². The van der Waals surface area contributed by atoms with Gasteiger partial charge in [-0.3, -0.25) is 9.36 Å². The van der Waals surface area contributed by atoms with E-state index in [-0.39, 0.29) is 12.1 Å². The number of rotatable bonds is 2. The van der Waals surface area contributed by atoms with E-state index >= 15 is 0 Å². The Kier molecular flexibility index (Phi) is 2.79. The highest BCUT2D eigenvalue weighted by Crippen LogP contribution is 2.12. The molecule has 0 saturated carbocycles. The molecule has 1 N–H and O–H groups in total. The van der Waals surface area contributed by atoms with Crippen molar-refractivity contribution in [3.63, 3.8) is 0 Å². The molecule has 0 fully saturated rings. The van der Waals surface area contributed by atoms with Gasteiger partial charge in [-0.15, -0.1) is 11.3 Å². The Hall–Kier alpha value is -2.21. The van der Waals surface area contributed by atoms with E-state index in [0.29, 0.717) is 10.9 Å². The number of aromatic amines is 1. The summed E-state index contributed by atoms with van der Waals surface area (Å²) in [5.41, 5.74) is -0.102. The number of H-pyrrole nitrogens is 1. The maximum atomic E-state index is 12.3. The fraction of sp³-hybridized carbons (Fsp3) is 0.154. The first kappa shape index (κ1) is 11.9. The lowest BCUT2D eigenvalue weighted by Crippen LogP contribution is -2.35. The van der Waals surface area contributed by atoms with Crippen LogP contribution in [0.15, 0.2) is 40.1 Å². The van der Waals surface area contributed by atoms with Gasteiger partial charge in [0.1, 0.15) is 0 Å². The Balaban J connectivity index is 2.18. The van der Waals surface area contributed by atoms with Crippen LogP contribution < -0.4 is 11.2 Å². The van der Waals surface area contributed by atoms with Gasteiger partial charge in [-0.2, -0.15) is 0 Å². The average molecular weight is 273 g/mol. The predicted octanol–water partition coefficient (Wildman–Crippen LogP) is 1.50. The molecule has 3 aromatic rings. The van der Waals surface area contributed by atoms with Gasteiger partial charge in [0.25, 0.3) is 5.56 Å². The normalized spacial score (nSPS) is 11.0. The number of fused-ring (bicyclic) bond motifs is 1. The minimum Gasteiger partial charge on any atom is -0.307 e. The summed E-state index contributed by atoms with van der Waals surface area (Å²) in [5, 5.41) is 1.43. The minimum absolute atomic E-state index is 0.254. The SMILES string of the molecule is Cc1ncc(Cn2c(=O)[nH]c3ccccc3c2=O)s1. The molecular formula is C13H11N3O2S. The highest BCUT2D eigenvalue weighted by molar-refractivity contribution is 7.11. The molecule has 0 unspecified atom stereocenters. The molecule has 0 radical (unpaired) electrons. The summed E-state index contributed by atoms with van der Waals surface area (Å²) in [5.74, 6) is 0. The fourth-order valence-electron chi connectivity index (χ4n) is 1.98. The molecule has 2 heterocycles. The number of aromatic nitrogens is 3. The van der Waals surface area contributed by atoms with Crippen molar-refractivity contribution < 1.29 is 0 Å². The monoisotopic (exact) mass is 273 g/mol. The molecule has 6 heteroatoms. The summed E-state index contributed by atoms with van der Waals surface area (Å²) < 4.78 is 1.20. The van der Waals surface area contributed by atoms with Gasteiger partial charge in [-0.1, -0.05) is 12.1 Å². The van der Waals surface area contributed by atoms with Gasteiger partial charge in [-0.25, -0.2) is 9.78 Å². The van der Waals surface area contributed by atoms with Gasteiger partial charge in [0.15, 0.2) is 0 Å². The van der Waals surface area contributed by atoms with Crippen LogP contribution >= 0.6 is 11.3 Å². The molecule has 0 aliphatic rings. The topological polar surface area (TPSA) is 67.8 Å². The first-order chi connectivity index (χ1) is 9.15. The summed E-state index contributed by atoms with van der Waals surface area (Å²) >= 11 is 1.48. The number of aryl methyl sites for hydroxylation is 1. The summed E-state index contributed by atoms with van der Waals surface area (Å²) in [7, 11) is 0. The van der Waals surface area contributed by atoms with E-state index in [9.17, 15) is 9.59 Å². The van der Waals surface area contributed by atoms with Crippen molar-refractivity contribution in [2.75, 3.05) is 0 Å². The molecule has 0 spiro atoms. The lowest BCUT2D eigenvalue weighted by Gasteiger charge is -2.04. The molecule has 1 aromatic carbocycles. The van der Waals surface area contributed by atoms with Crippen LogP contribution in [0.3, 0.4) is 0 Å². The van der Waals surface area contributed by atoms with Crippen LogP contribution in [-0.2, 0) is 6.54 Å². The van der Waals surface area contributed by atoms with Crippen molar-refractivity contribution in [2.24, 2.45) is 0 Å². The third kappa shape index (κ3) is 2.10. The summed E-state index contributed by atoms with van der Waals surface area (Å²) in [4.78, 5) is 32.0. The Morgan fingerprint density at radius 3 is 2.84 bits per heavy atom. The number of hydrogen-bond acceptors (Lipinski definition) is 4. The number of thiazole rings is 1. The van der Waals surface area contributed by atoms with Gasteiger partial charge in [0, 0.05) is 11.1 Å². The number of benzene rings is 1. The van der Waals surface area contributed by atoms with Crippen LogP contribution in [0.2, 0.25) is 0 Å². The average Bonchev–Trinajstić information content (AvgIpc) is 2.80. The minimum atomic E-state index is -0.394. The molecular weight excluding hydrogens is 262 g/mol. The Morgan fingerprint density at radius 1 is 1.32 bits per heavy atom. The molecule has 96 valence electrons. The third-order valence-corrected chi connectivity index (χ3v) is 3.77. The summed E-state index contributed by atoms with van der Waals surface area (Å²) in [6.45, 7) is 2.14. The number of para-hydroxylation sites is 1. The number of nitrogens with one attached hydrogen (secondary N) is 1. The van der Waals surface area contributed by atoms with Crippen molar-refractivity contribution in [2.45, 2.75) is 13.5 Å². The van der Waals surface area contributed by atoms with E-state index in [2.05, 4.69) is 9.97 Å². The standard InChI is InChI=1S/C13H11N3O2S/c1-8-14-6-9(19-8)7-16-12(17)10-4-2-3-5-11(10)15-13(16)18/h2-6H,7H2,1H3,(H,15,18). The first-order valence-corrected chi connectivity index (χ1v) is 6.60. The molecule has 0 bridgehead atoms. The van der Waals surface area contributed by atoms with Crippen molar-refractivity contribution in [3.8, 4) is 0 Å². The van der Waals surface area contributed by atoms with Crippen LogP contribution in [0.5, 0.6) is 0 Å². The van der Waals surface area contributed by atoms with Crippen LogP contribution in [0.1, 0.15) is 9.88 Å². The third-order valence-electron chi connectivity index (χ3n) is 2.87. The Morgan fingerprint density at radius 2 is 2.11 bits per heavy atom. The molecule has 0 saturated heterocycles. The highest BCUT2D eigenvalue weighted by atomic mass is 32.1. The van der Waals surface area contributed by atoms with Gasteiger partial charge >= 0.3 is 5.69 Å². The smallest absolute Gasteiger partial charge is 0.307 e. The Labute approximate surface area is 112 Å². The largest absolute Gasteiger partial charge is 0.329 e. The summed E-state index contributed by atoms with van der Waals surface area (Å²) in [6.07, 6.45) is 1.70. The number of hydrogen-bond donors (Lipinski definition) is 1. The van der Waals surface area contributed by atoms with Gasteiger partial charge < -0.3 is 4.98 Å². The maximum absolute atomic E-state index is 12.3. The molecule has 19 heavy (non-hydrogen) atoms. The molecule has 0 atom stereocenters. The second-order valence-electron chi connectivity index (χ2n) is 4.21. The second-order valence-corrected chi connectivity index (χ2v) is 5.53. The molecule has 2 aromatic heterocycles. The van der Waals surface area contributed by atoms with E-state index in [1.165, 1.54) is 15.9 Å². The van der Waals surface area contributed by atoms with Crippen molar-refractivity contribution >= 4 is 22.2 Å². The van der Waals surface area contributed by atoms with Crippen molar-refractivity contribution in [1.29, 1.82) is 0 Å². The van der Waals surface area contributed by atoms with E-state index in [1.54, 1.807) is 30.5 Å². The summed E-state index contributed by atoms with van der Waals surface area (Å²) in [6, 6.07) is 7.00. The maximum Gasteiger partial charge on any atom is 0.329 e. The zero-order chi connectivity index (χ0) is 13.4. The zero-order valence-electron chi connectivity index (χ0n) is 10.2. The lowest BCUT2D eigenvalue weighted by molar-refractivity contribution is 0.719. The van der Waals surface area contributed by atoms with Gasteiger partial charge in [0.05, 0.1) is 22.5 Å². The second kappa shape index (κ2) is 4.47. The van der Waals surface area contributed by atoms with E-state index in [0.717, 1.165) is 9.88 Å². The van der Waals surface area contributed by atoms with E-state index in [1.807, 2.05) is 6.92 Å². The van der Waals surface area contributed by atoms with Crippen molar-refractivity contribution in [3.05, 3.63) is 61.2 Å². The molecule has 0 amide bonds. The predicted molar refractivity (Wildman–Crippen MR) is 74.8 cm³/mol. The van der Waals surface area contributed by atoms with Crippen LogP contribution in [0, 0.1) is 6.92 Å². The fourth-order valence-corrected chi connectivity index (χ4v) is 2.76. The van der Waals surface area contributed by atoms with Crippen molar-refractivity contribution in [1.82, 2.24) is 14.5 Å². The molecule has 5 nitrogen and oxygen atoms in total. The number of nitrogens with zero attached hydrogens (tertiary/aromatic N) is 2. The Bertz CT molecular complexity index is 860. The van der Waals surface area contributed by atoms with Crippen LogP contribution in [-0.4, -0.2) is 14.5 Å². The molecule has 0 aliphatic carbocycles.